The summed E-state index contributed by atoms with van der Waals surface area (Å²) in [6.07, 6.45) is 1.77. The third kappa shape index (κ3) is 4.36. The molecule has 19 heavy (non-hydrogen) atoms. The smallest absolute Gasteiger partial charge is 0.309 e. The number of aromatic nitrogens is 1. The summed E-state index contributed by atoms with van der Waals surface area (Å²) < 4.78 is 37.0. The first kappa shape index (κ1) is 14.6. The van der Waals surface area contributed by atoms with Crippen molar-refractivity contribution in [2.24, 2.45) is 0 Å². The number of pyridine rings is 1. The van der Waals surface area contributed by atoms with Crippen LogP contribution in [0.4, 0.5) is 13.2 Å². The van der Waals surface area contributed by atoms with E-state index < -0.39 is 5.51 Å². The van der Waals surface area contributed by atoms with E-state index in [2.05, 4.69) is 10.3 Å². The second kappa shape index (κ2) is 6.11. The maximum atomic E-state index is 12.0. The van der Waals surface area contributed by atoms with E-state index in [4.69, 9.17) is 0 Å². The van der Waals surface area contributed by atoms with Crippen LogP contribution in [-0.4, -0.2) is 22.8 Å². The lowest BCUT2D eigenvalue weighted by Crippen LogP contribution is -2.22. The molecule has 1 atom stereocenters. The Morgan fingerprint density at radius 2 is 2.26 bits per heavy atom. The molecule has 0 bridgehead atoms. The summed E-state index contributed by atoms with van der Waals surface area (Å²) in [7, 11) is 0. The summed E-state index contributed by atoms with van der Waals surface area (Å²) >= 11 is 1.61. The van der Waals surface area contributed by atoms with Gasteiger partial charge in [-0.15, -0.1) is 11.3 Å². The Balaban J connectivity index is 1.87. The average Bonchev–Trinajstić information content (AvgIpc) is 2.80. The van der Waals surface area contributed by atoms with Crippen molar-refractivity contribution in [2.45, 2.75) is 18.5 Å². The summed E-state index contributed by atoms with van der Waals surface area (Å²) in [6.45, 7) is 2.24. The van der Waals surface area contributed by atoms with E-state index in [1.165, 1.54) is 0 Å². The molecular formula is C12H13F3N2S2. The molecule has 0 spiro atoms. The van der Waals surface area contributed by atoms with Gasteiger partial charge in [0.2, 0.25) is 0 Å². The lowest BCUT2D eigenvalue weighted by Gasteiger charge is -2.14. The first-order valence-corrected chi connectivity index (χ1v) is 7.59. The van der Waals surface area contributed by atoms with Gasteiger partial charge in [-0.25, -0.2) is 0 Å². The summed E-state index contributed by atoms with van der Waals surface area (Å²) in [5, 5.41) is 5.04. The highest BCUT2D eigenvalue weighted by Crippen LogP contribution is 2.29. The highest BCUT2D eigenvalue weighted by Gasteiger charge is 2.27. The topological polar surface area (TPSA) is 24.9 Å². The van der Waals surface area contributed by atoms with E-state index in [0.29, 0.717) is 6.54 Å². The minimum absolute atomic E-state index is 0.00139. The molecule has 1 unspecified atom stereocenters. The number of alkyl halides is 3. The third-order valence-corrected chi connectivity index (χ3v) is 4.23. The highest BCUT2D eigenvalue weighted by atomic mass is 32.2. The van der Waals surface area contributed by atoms with Crippen LogP contribution < -0.4 is 5.32 Å². The molecule has 0 aliphatic rings. The monoisotopic (exact) mass is 306 g/mol. The fraction of sp³-hybridized carbons (Fsp3) is 0.417. The lowest BCUT2D eigenvalue weighted by atomic mass is 10.1. The van der Waals surface area contributed by atoms with Gasteiger partial charge in [-0.3, -0.25) is 4.98 Å². The van der Waals surface area contributed by atoms with E-state index in [9.17, 15) is 13.2 Å². The predicted molar refractivity (Wildman–Crippen MR) is 74.6 cm³/mol. The largest absolute Gasteiger partial charge is 0.441 e. The fourth-order valence-corrected chi connectivity index (χ4v) is 2.90. The SMILES string of the molecule is CC(NCCSC(F)(F)F)c1cnc2ccsc2c1. The second-order valence-corrected chi connectivity index (χ2v) is 6.15. The van der Waals surface area contributed by atoms with Crippen LogP contribution in [0.5, 0.6) is 0 Å². The number of thioether (sulfide) groups is 1. The van der Waals surface area contributed by atoms with Crippen molar-refractivity contribution in [3.63, 3.8) is 0 Å². The quantitative estimate of drug-likeness (QED) is 0.838. The van der Waals surface area contributed by atoms with Gasteiger partial charge in [-0.2, -0.15) is 13.2 Å². The minimum atomic E-state index is -4.15. The Kier molecular flexibility index (Phi) is 4.70. The van der Waals surface area contributed by atoms with Crippen LogP contribution in [0.25, 0.3) is 10.2 Å². The Hall–Kier alpha value is -0.790. The summed E-state index contributed by atoms with van der Waals surface area (Å²) in [6, 6.07) is 3.97. The van der Waals surface area contributed by atoms with Gasteiger partial charge in [0.05, 0.1) is 10.2 Å². The molecule has 0 fully saturated rings. The van der Waals surface area contributed by atoms with Crippen molar-refractivity contribution < 1.29 is 13.2 Å². The van der Waals surface area contributed by atoms with Gasteiger partial charge in [0.25, 0.3) is 0 Å². The van der Waals surface area contributed by atoms with E-state index in [0.717, 1.165) is 15.8 Å². The first-order valence-electron chi connectivity index (χ1n) is 5.73. The Morgan fingerprint density at radius 1 is 1.47 bits per heavy atom. The zero-order valence-electron chi connectivity index (χ0n) is 10.2. The minimum Gasteiger partial charge on any atom is -0.309 e. The van der Waals surface area contributed by atoms with E-state index in [1.54, 1.807) is 17.5 Å². The molecular weight excluding hydrogens is 293 g/mol. The lowest BCUT2D eigenvalue weighted by molar-refractivity contribution is -0.0327. The van der Waals surface area contributed by atoms with Crippen LogP contribution in [0.2, 0.25) is 0 Å². The summed E-state index contributed by atoms with van der Waals surface area (Å²) in [5.41, 5.74) is -2.21. The van der Waals surface area contributed by atoms with Gasteiger partial charge in [-0.05, 0) is 41.8 Å². The molecule has 0 saturated carbocycles. The number of hydrogen-bond donors (Lipinski definition) is 1. The van der Waals surface area contributed by atoms with Crippen molar-refractivity contribution in [3.8, 4) is 0 Å². The van der Waals surface area contributed by atoms with Crippen LogP contribution in [-0.2, 0) is 0 Å². The van der Waals surface area contributed by atoms with E-state index in [-0.39, 0.29) is 23.6 Å². The first-order chi connectivity index (χ1) is 8.96. The van der Waals surface area contributed by atoms with Crippen LogP contribution in [0.15, 0.2) is 23.7 Å². The van der Waals surface area contributed by atoms with E-state index >= 15 is 0 Å². The molecule has 2 rings (SSSR count). The standard InChI is InChI=1S/C12H13F3N2S2/c1-8(16-3-5-19-12(13,14)15)9-6-11-10(17-7-9)2-4-18-11/h2,4,6-8,16H,3,5H2,1H3. The van der Waals surface area contributed by atoms with E-state index in [1.807, 2.05) is 24.4 Å². The zero-order chi connectivity index (χ0) is 13.9. The average molecular weight is 306 g/mol. The molecule has 0 aliphatic heterocycles. The molecule has 0 aliphatic carbocycles. The number of fused-ring (bicyclic) bond motifs is 1. The number of halogens is 3. The number of nitrogens with one attached hydrogen (secondary N) is 1. The molecule has 2 aromatic heterocycles. The molecule has 7 heteroatoms. The molecule has 0 radical (unpaired) electrons. The van der Waals surface area contributed by atoms with Crippen LogP contribution in [0.3, 0.4) is 0 Å². The van der Waals surface area contributed by atoms with Crippen LogP contribution >= 0.6 is 23.1 Å². The van der Waals surface area contributed by atoms with Gasteiger partial charge in [0.15, 0.2) is 0 Å². The van der Waals surface area contributed by atoms with Crippen LogP contribution in [0.1, 0.15) is 18.5 Å². The third-order valence-electron chi connectivity index (χ3n) is 2.64. The highest BCUT2D eigenvalue weighted by molar-refractivity contribution is 8.00. The van der Waals surface area contributed by atoms with Crippen molar-refractivity contribution in [3.05, 3.63) is 29.3 Å². The van der Waals surface area contributed by atoms with Crippen molar-refractivity contribution in [2.75, 3.05) is 12.3 Å². The maximum Gasteiger partial charge on any atom is 0.441 e. The van der Waals surface area contributed by atoms with Gasteiger partial charge in [0, 0.05) is 24.5 Å². The molecule has 2 nitrogen and oxygen atoms in total. The second-order valence-electron chi connectivity index (χ2n) is 4.04. The normalized spacial score (nSPS) is 13.9. The van der Waals surface area contributed by atoms with Crippen molar-refractivity contribution in [1.82, 2.24) is 10.3 Å². The molecule has 1 N–H and O–H groups in total. The van der Waals surface area contributed by atoms with Gasteiger partial charge >= 0.3 is 5.51 Å². The number of thiophene rings is 1. The molecule has 2 heterocycles. The Morgan fingerprint density at radius 3 is 3.00 bits per heavy atom. The zero-order valence-corrected chi connectivity index (χ0v) is 11.8. The number of hydrogen-bond acceptors (Lipinski definition) is 4. The maximum absolute atomic E-state index is 12.0. The van der Waals surface area contributed by atoms with Gasteiger partial charge in [-0.1, -0.05) is 0 Å². The molecule has 0 saturated heterocycles. The number of rotatable bonds is 5. The molecule has 2 aromatic rings. The predicted octanol–water partition coefficient (Wildman–Crippen LogP) is 4.20. The van der Waals surface area contributed by atoms with Gasteiger partial charge in [0.1, 0.15) is 0 Å². The number of nitrogens with zero attached hydrogens (tertiary/aromatic N) is 1. The van der Waals surface area contributed by atoms with Crippen molar-refractivity contribution >= 4 is 33.3 Å². The Bertz CT molecular complexity index is 539. The summed E-state index contributed by atoms with van der Waals surface area (Å²) in [5.74, 6) is 0.0164. The summed E-state index contributed by atoms with van der Waals surface area (Å²) in [4.78, 5) is 4.31. The molecule has 0 aromatic carbocycles. The van der Waals surface area contributed by atoms with Crippen molar-refractivity contribution in [1.29, 1.82) is 0 Å². The Labute approximate surface area is 117 Å². The molecule has 0 amide bonds. The molecule has 104 valence electrons. The van der Waals surface area contributed by atoms with Gasteiger partial charge < -0.3 is 5.32 Å². The fourth-order valence-electron chi connectivity index (χ4n) is 1.66. The van der Waals surface area contributed by atoms with Crippen LogP contribution in [0, 0.1) is 0 Å².